The first kappa shape index (κ1) is 13.5. The highest BCUT2D eigenvalue weighted by molar-refractivity contribution is 5.86. The highest BCUT2D eigenvalue weighted by Crippen LogP contribution is 2.17. The fourth-order valence-corrected chi connectivity index (χ4v) is 1.74. The zero-order valence-corrected chi connectivity index (χ0v) is 10.9. The van der Waals surface area contributed by atoms with Crippen molar-refractivity contribution in [2.24, 2.45) is 0 Å². The fourth-order valence-electron chi connectivity index (χ4n) is 1.74. The highest BCUT2D eigenvalue weighted by atomic mass is 16.7. The summed E-state index contributed by atoms with van der Waals surface area (Å²) in [6.45, 7) is 0.293. The number of hydrogen-bond donors (Lipinski definition) is 1. The second kappa shape index (κ2) is 6.31. The molecule has 1 N–H and O–H groups in total. The third-order valence-corrected chi connectivity index (χ3v) is 2.77. The smallest absolute Gasteiger partial charge is 0.226 e. The Morgan fingerprint density at radius 2 is 2.11 bits per heavy atom. The Morgan fingerprint density at radius 3 is 2.84 bits per heavy atom. The van der Waals surface area contributed by atoms with Gasteiger partial charge in [-0.15, -0.1) is 0 Å². The summed E-state index contributed by atoms with van der Waals surface area (Å²) >= 11 is 0. The second-order valence-electron chi connectivity index (χ2n) is 4.01. The first-order chi connectivity index (χ1) is 9.24. The molecule has 0 saturated heterocycles. The zero-order chi connectivity index (χ0) is 13.7. The van der Waals surface area contributed by atoms with E-state index in [4.69, 9.17) is 14.0 Å². The van der Waals surface area contributed by atoms with Gasteiger partial charge in [0.2, 0.25) is 5.91 Å². The molecular weight excluding hydrogens is 248 g/mol. The van der Waals surface area contributed by atoms with Crippen LogP contribution < -0.4 is 5.32 Å². The van der Waals surface area contributed by atoms with E-state index in [9.17, 15) is 4.79 Å². The molecule has 0 aliphatic carbocycles. The highest BCUT2D eigenvalue weighted by Gasteiger charge is 2.13. The van der Waals surface area contributed by atoms with E-state index in [0.29, 0.717) is 17.8 Å². The lowest BCUT2D eigenvalue weighted by atomic mass is 10.1. The number of carbonyl (C=O) groups excluding carboxylic acids is 1. The van der Waals surface area contributed by atoms with Crippen LogP contribution >= 0.6 is 0 Å². The molecule has 1 amide bonds. The van der Waals surface area contributed by atoms with Gasteiger partial charge >= 0.3 is 0 Å². The number of fused-ring (bicyclic) bond motifs is 1. The lowest BCUT2D eigenvalue weighted by Crippen LogP contribution is -2.35. The predicted molar refractivity (Wildman–Crippen MR) is 68.5 cm³/mol. The minimum absolute atomic E-state index is 0.154. The van der Waals surface area contributed by atoms with Crippen LogP contribution in [0.25, 0.3) is 11.0 Å². The number of carbonyl (C=O) groups is 1. The van der Waals surface area contributed by atoms with Crippen LogP contribution in [0.15, 0.2) is 28.8 Å². The molecule has 0 atom stereocenters. The molecule has 0 spiro atoms. The van der Waals surface area contributed by atoms with Crippen molar-refractivity contribution in [2.75, 3.05) is 20.8 Å². The lowest BCUT2D eigenvalue weighted by molar-refractivity contribution is -0.126. The van der Waals surface area contributed by atoms with Crippen LogP contribution in [0.4, 0.5) is 0 Å². The summed E-state index contributed by atoms with van der Waals surface area (Å²) in [5, 5.41) is 7.48. The van der Waals surface area contributed by atoms with Crippen molar-refractivity contribution in [1.29, 1.82) is 0 Å². The minimum atomic E-state index is -0.446. The summed E-state index contributed by atoms with van der Waals surface area (Å²) in [5.74, 6) is -0.154. The molecular formula is C13H16N2O4. The van der Waals surface area contributed by atoms with Gasteiger partial charge < -0.3 is 19.3 Å². The number of rotatable bonds is 6. The van der Waals surface area contributed by atoms with E-state index in [0.717, 1.165) is 5.39 Å². The fraction of sp³-hybridized carbons (Fsp3) is 0.385. The molecule has 1 heterocycles. The van der Waals surface area contributed by atoms with Crippen molar-refractivity contribution in [3.8, 4) is 0 Å². The molecule has 2 aromatic rings. The Bertz CT molecular complexity index is 548. The van der Waals surface area contributed by atoms with Crippen molar-refractivity contribution in [1.82, 2.24) is 10.5 Å². The van der Waals surface area contributed by atoms with Crippen LogP contribution in [-0.2, 0) is 20.7 Å². The standard InChI is InChI=1S/C13H16N2O4/c1-17-13(18-2)8-14-12(16)7-10-9-5-3-4-6-11(9)19-15-10/h3-6,13H,7-8H2,1-2H3,(H,14,16). The van der Waals surface area contributed by atoms with E-state index in [2.05, 4.69) is 10.5 Å². The number of methoxy groups -OCH3 is 2. The van der Waals surface area contributed by atoms with E-state index in [1.165, 1.54) is 14.2 Å². The van der Waals surface area contributed by atoms with E-state index >= 15 is 0 Å². The van der Waals surface area contributed by atoms with Crippen LogP contribution in [0.3, 0.4) is 0 Å². The van der Waals surface area contributed by atoms with Crippen molar-refractivity contribution in [3.63, 3.8) is 0 Å². The van der Waals surface area contributed by atoms with Crippen LogP contribution in [0, 0.1) is 0 Å². The normalized spacial score (nSPS) is 11.1. The van der Waals surface area contributed by atoms with Gasteiger partial charge in [0, 0.05) is 19.6 Å². The molecule has 1 aromatic carbocycles. The summed E-state index contributed by atoms with van der Waals surface area (Å²) < 4.78 is 15.1. The zero-order valence-electron chi connectivity index (χ0n) is 10.9. The van der Waals surface area contributed by atoms with Crippen LogP contribution in [-0.4, -0.2) is 38.1 Å². The molecule has 0 unspecified atom stereocenters. The Labute approximate surface area is 110 Å². The molecule has 1 aromatic heterocycles. The van der Waals surface area contributed by atoms with E-state index < -0.39 is 6.29 Å². The van der Waals surface area contributed by atoms with Gasteiger partial charge in [0.1, 0.15) is 5.69 Å². The third kappa shape index (κ3) is 3.30. The Morgan fingerprint density at radius 1 is 1.37 bits per heavy atom. The molecule has 6 nitrogen and oxygen atoms in total. The van der Waals surface area contributed by atoms with Gasteiger partial charge in [0.15, 0.2) is 11.9 Å². The number of amides is 1. The van der Waals surface area contributed by atoms with Gasteiger partial charge in [-0.05, 0) is 12.1 Å². The maximum Gasteiger partial charge on any atom is 0.226 e. The maximum atomic E-state index is 11.8. The molecule has 19 heavy (non-hydrogen) atoms. The molecule has 0 radical (unpaired) electrons. The molecule has 0 bridgehead atoms. The molecule has 0 aliphatic heterocycles. The van der Waals surface area contributed by atoms with Crippen LogP contribution in [0.2, 0.25) is 0 Å². The molecule has 0 saturated carbocycles. The summed E-state index contributed by atoms with van der Waals surface area (Å²) in [6.07, 6.45) is -0.282. The predicted octanol–water partition coefficient (Wildman–Crippen LogP) is 1.11. The number of hydrogen-bond acceptors (Lipinski definition) is 5. The van der Waals surface area contributed by atoms with Gasteiger partial charge in [-0.25, -0.2) is 0 Å². The third-order valence-electron chi connectivity index (χ3n) is 2.77. The number of aromatic nitrogens is 1. The first-order valence-electron chi connectivity index (χ1n) is 5.90. The van der Waals surface area contributed by atoms with Crippen LogP contribution in [0.1, 0.15) is 5.69 Å². The second-order valence-corrected chi connectivity index (χ2v) is 4.01. The van der Waals surface area contributed by atoms with Crippen molar-refractivity contribution in [2.45, 2.75) is 12.7 Å². The minimum Gasteiger partial charge on any atom is -0.356 e. The Balaban J connectivity index is 1.95. The number of nitrogens with one attached hydrogen (secondary N) is 1. The van der Waals surface area contributed by atoms with Gasteiger partial charge in [0.25, 0.3) is 0 Å². The van der Waals surface area contributed by atoms with E-state index in [1.807, 2.05) is 24.3 Å². The lowest BCUT2D eigenvalue weighted by Gasteiger charge is -2.13. The van der Waals surface area contributed by atoms with Crippen molar-refractivity contribution in [3.05, 3.63) is 30.0 Å². The average Bonchev–Trinajstić information content (AvgIpc) is 2.83. The van der Waals surface area contributed by atoms with Crippen LogP contribution in [0.5, 0.6) is 0 Å². The summed E-state index contributed by atoms with van der Waals surface area (Å²) in [4.78, 5) is 11.8. The number of ether oxygens (including phenoxy) is 2. The molecule has 0 aliphatic rings. The first-order valence-corrected chi connectivity index (χ1v) is 5.90. The summed E-state index contributed by atoms with van der Waals surface area (Å²) in [6, 6.07) is 7.43. The maximum absolute atomic E-state index is 11.8. The average molecular weight is 264 g/mol. The number of para-hydroxylation sites is 1. The van der Waals surface area contributed by atoms with Crippen molar-refractivity contribution >= 4 is 16.9 Å². The molecule has 0 fully saturated rings. The largest absolute Gasteiger partial charge is 0.356 e. The summed E-state index contributed by atoms with van der Waals surface area (Å²) in [7, 11) is 3.04. The van der Waals surface area contributed by atoms with Gasteiger partial charge in [0.05, 0.1) is 13.0 Å². The van der Waals surface area contributed by atoms with Gasteiger partial charge in [-0.1, -0.05) is 17.3 Å². The topological polar surface area (TPSA) is 73.6 Å². The van der Waals surface area contributed by atoms with E-state index in [-0.39, 0.29) is 12.3 Å². The quantitative estimate of drug-likeness (QED) is 0.791. The van der Waals surface area contributed by atoms with Gasteiger partial charge in [-0.3, -0.25) is 4.79 Å². The van der Waals surface area contributed by atoms with E-state index in [1.54, 1.807) is 0 Å². The number of nitrogens with zero attached hydrogens (tertiary/aromatic N) is 1. The molecule has 6 heteroatoms. The molecule has 2 rings (SSSR count). The SMILES string of the molecule is COC(CNC(=O)Cc1noc2ccccc12)OC. The van der Waals surface area contributed by atoms with Crippen molar-refractivity contribution < 1.29 is 18.8 Å². The summed E-state index contributed by atoms with van der Waals surface area (Å²) in [5.41, 5.74) is 1.30. The monoisotopic (exact) mass is 264 g/mol. The Hall–Kier alpha value is -1.92. The Kier molecular flexibility index (Phi) is 4.48. The molecule has 102 valence electrons. The van der Waals surface area contributed by atoms with Gasteiger partial charge in [-0.2, -0.15) is 0 Å². The number of benzene rings is 1.